The highest BCUT2D eigenvalue weighted by Gasteiger charge is 2.32. The van der Waals surface area contributed by atoms with E-state index in [2.05, 4.69) is 17.1 Å². The van der Waals surface area contributed by atoms with Gasteiger partial charge in [-0.25, -0.2) is 0 Å². The third-order valence-corrected chi connectivity index (χ3v) is 4.28. The standard InChI is InChI=1S/C14H28N2/c1-2-3-4-5-11-16-12-7-9-14(16)13-8-6-10-15-13/h13-15H,2-12H2,1H3. The van der Waals surface area contributed by atoms with Gasteiger partial charge in [-0.15, -0.1) is 0 Å². The number of hydrogen-bond acceptors (Lipinski definition) is 2. The van der Waals surface area contributed by atoms with E-state index < -0.39 is 0 Å². The molecule has 16 heavy (non-hydrogen) atoms. The number of nitrogens with one attached hydrogen (secondary N) is 1. The molecule has 0 aromatic heterocycles. The fourth-order valence-electron chi connectivity index (χ4n) is 3.37. The third-order valence-electron chi connectivity index (χ3n) is 4.28. The average molecular weight is 224 g/mol. The fraction of sp³-hybridized carbons (Fsp3) is 1.00. The highest BCUT2D eigenvalue weighted by atomic mass is 15.2. The van der Waals surface area contributed by atoms with E-state index in [1.165, 1.54) is 71.0 Å². The van der Waals surface area contributed by atoms with E-state index in [0.29, 0.717) is 0 Å². The average Bonchev–Trinajstić information content (AvgIpc) is 2.94. The molecule has 2 rings (SSSR count). The van der Waals surface area contributed by atoms with Crippen LogP contribution in [0.3, 0.4) is 0 Å². The van der Waals surface area contributed by atoms with Gasteiger partial charge in [0.15, 0.2) is 0 Å². The molecule has 0 saturated carbocycles. The lowest BCUT2D eigenvalue weighted by atomic mass is 10.0. The van der Waals surface area contributed by atoms with Crippen molar-refractivity contribution in [1.82, 2.24) is 10.2 Å². The van der Waals surface area contributed by atoms with Crippen LogP contribution in [0, 0.1) is 0 Å². The number of unbranched alkanes of at least 4 members (excludes halogenated alkanes) is 3. The first kappa shape index (κ1) is 12.4. The molecule has 2 atom stereocenters. The lowest BCUT2D eigenvalue weighted by Crippen LogP contribution is -2.44. The van der Waals surface area contributed by atoms with Crippen molar-refractivity contribution in [1.29, 1.82) is 0 Å². The zero-order valence-electron chi connectivity index (χ0n) is 10.9. The molecular weight excluding hydrogens is 196 g/mol. The fourth-order valence-corrected chi connectivity index (χ4v) is 3.37. The van der Waals surface area contributed by atoms with Gasteiger partial charge in [0.2, 0.25) is 0 Å². The van der Waals surface area contributed by atoms with Crippen LogP contribution in [0.1, 0.15) is 58.3 Å². The van der Waals surface area contributed by atoms with Crippen LogP contribution in [-0.2, 0) is 0 Å². The normalized spacial score (nSPS) is 31.3. The highest BCUT2D eigenvalue weighted by Crippen LogP contribution is 2.25. The summed E-state index contributed by atoms with van der Waals surface area (Å²) in [4.78, 5) is 2.76. The van der Waals surface area contributed by atoms with E-state index >= 15 is 0 Å². The van der Waals surface area contributed by atoms with Crippen molar-refractivity contribution >= 4 is 0 Å². The quantitative estimate of drug-likeness (QED) is 0.698. The van der Waals surface area contributed by atoms with Gasteiger partial charge in [0.25, 0.3) is 0 Å². The second kappa shape index (κ2) is 6.61. The van der Waals surface area contributed by atoms with Gasteiger partial charge in [-0.3, -0.25) is 4.90 Å². The lowest BCUT2D eigenvalue weighted by Gasteiger charge is -2.29. The molecule has 0 bridgehead atoms. The Bertz CT molecular complexity index is 187. The van der Waals surface area contributed by atoms with E-state index in [4.69, 9.17) is 0 Å². The highest BCUT2D eigenvalue weighted by molar-refractivity contribution is 4.91. The minimum absolute atomic E-state index is 0.814. The van der Waals surface area contributed by atoms with Crippen LogP contribution in [-0.4, -0.2) is 36.6 Å². The molecule has 0 aliphatic carbocycles. The Kier molecular flexibility index (Phi) is 5.11. The van der Waals surface area contributed by atoms with Gasteiger partial charge in [-0.05, 0) is 51.7 Å². The predicted octanol–water partition coefficient (Wildman–Crippen LogP) is 2.78. The largest absolute Gasteiger partial charge is 0.312 e. The number of likely N-dealkylation sites (tertiary alicyclic amines) is 1. The van der Waals surface area contributed by atoms with E-state index in [9.17, 15) is 0 Å². The van der Waals surface area contributed by atoms with E-state index in [1.54, 1.807) is 0 Å². The van der Waals surface area contributed by atoms with E-state index in [0.717, 1.165) is 12.1 Å². The number of rotatable bonds is 6. The van der Waals surface area contributed by atoms with Crippen LogP contribution in [0.15, 0.2) is 0 Å². The maximum absolute atomic E-state index is 3.69. The van der Waals surface area contributed by atoms with Gasteiger partial charge >= 0.3 is 0 Å². The monoisotopic (exact) mass is 224 g/mol. The second-order valence-corrected chi connectivity index (χ2v) is 5.51. The van der Waals surface area contributed by atoms with Crippen LogP contribution in [0.2, 0.25) is 0 Å². The van der Waals surface area contributed by atoms with Gasteiger partial charge in [-0.1, -0.05) is 26.2 Å². The Balaban J connectivity index is 1.70. The number of hydrogen-bond donors (Lipinski definition) is 1. The molecule has 2 aliphatic rings. The molecular formula is C14H28N2. The summed E-state index contributed by atoms with van der Waals surface area (Å²) in [6.45, 7) is 6.25. The van der Waals surface area contributed by atoms with Crippen LogP contribution < -0.4 is 5.32 Å². The molecule has 2 fully saturated rings. The van der Waals surface area contributed by atoms with E-state index in [1.807, 2.05) is 0 Å². The Morgan fingerprint density at radius 2 is 2.06 bits per heavy atom. The Morgan fingerprint density at radius 1 is 1.12 bits per heavy atom. The first-order chi connectivity index (χ1) is 7.92. The topological polar surface area (TPSA) is 15.3 Å². The smallest absolute Gasteiger partial charge is 0.0249 e. The predicted molar refractivity (Wildman–Crippen MR) is 69.8 cm³/mol. The lowest BCUT2D eigenvalue weighted by molar-refractivity contribution is 0.210. The minimum atomic E-state index is 0.814. The maximum Gasteiger partial charge on any atom is 0.0249 e. The minimum Gasteiger partial charge on any atom is -0.312 e. The summed E-state index contributed by atoms with van der Waals surface area (Å²) in [5.74, 6) is 0. The van der Waals surface area contributed by atoms with Crippen molar-refractivity contribution in [2.75, 3.05) is 19.6 Å². The summed E-state index contributed by atoms with van der Waals surface area (Å²) < 4.78 is 0. The molecule has 0 radical (unpaired) electrons. The van der Waals surface area contributed by atoms with Gasteiger partial charge in [-0.2, -0.15) is 0 Å². The molecule has 0 amide bonds. The van der Waals surface area contributed by atoms with Crippen molar-refractivity contribution in [3.05, 3.63) is 0 Å². The first-order valence-corrected chi connectivity index (χ1v) is 7.39. The molecule has 2 aliphatic heterocycles. The first-order valence-electron chi connectivity index (χ1n) is 7.39. The SMILES string of the molecule is CCCCCCN1CCCC1C1CCCN1. The molecule has 2 heteroatoms. The summed E-state index contributed by atoms with van der Waals surface area (Å²) in [7, 11) is 0. The summed E-state index contributed by atoms with van der Waals surface area (Å²) in [5, 5.41) is 3.69. The van der Waals surface area contributed by atoms with Crippen molar-refractivity contribution < 1.29 is 0 Å². The molecule has 2 nitrogen and oxygen atoms in total. The zero-order valence-corrected chi connectivity index (χ0v) is 10.9. The van der Waals surface area contributed by atoms with E-state index in [-0.39, 0.29) is 0 Å². The van der Waals surface area contributed by atoms with Crippen LogP contribution in [0.25, 0.3) is 0 Å². The molecule has 0 aromatic carbocycles. The van der Waals surface area contributed by atoms with Crippen molar-refractivity contribution in [2.45, 2.75) is 70.4 Å². The summed E-state index contributed by atoms with van der Waals surface area (Å²) in [5.41, 5.74) is 0. The maximum atomic E-state index is 3.69. The van der Waals surface area contributed by atoms with Gasteiger partial charge in [0.1, 0.15) is 0 Å². The van der Waals surface area contributed by atoms with Gasteiger partial charge < -0.3 is 5.32 Å². The van der Waals surface area contributed by atoms with Crippen molar-refractivity contribution in [3.8, 4) is 0 Å². The van der Waals surface area contributed by atoms with Crippen LogP contribution in [0.5, 0.6) is 0 Å². The van der Waals surface area contributed by atoms with Crippen LogP contribution >= 0.6 is 0 Å². The molecule has 94 valence electrons. The van der Waals surface area contributed by atoms with Gasteiger partial charge in [0.05, 0.1) is 0 Å². The molecule has 2 saturated heterocycles. The van der Waals surface area contributed by atoms with Crippen molar-refractivity contribution in [3.63, 3.8) is 0 Å². The Hall–Kier alpha value is -0.0800. The number of nitrogens with zero attached hydrogens (tertiary/aromatic N) is 1. The van der Waals surface area contributed by atoms with Crippen molar-refractivity contribution in [2.24, 2.45) is 0 Å². The van der Waals surface area contributed by atoms with Gasteiger partial charge in [0, 0.05) is 12.1 Å². The molecule has 0 aromatic rings. The second-order valence-electron chi connectivity index (χ2n) is 5.51. The Labute approximate surface area is 101 Å². The third kappa shape index (κ3) is 3.21. The summed E-state index contributed by atoms with van der Waals surface area (Å²) in [6, 6.07) is 1.68. The Morgan fingerprint density at radius 3 is 2.81 bits per heavy atom. The van der Waals surface area contributed by atoms with Crippen LogP contribution in [0.4, 0.5) is 0 Å². The molecule has 0 spiro atoms. The summed E-state index contributed by atoms with van der Waals surface area (Å²) >= 11 is 0. The summed E-state index contributed by atoms with van der Waals surface area (Å²) in [6.07, 6.45) is 11.3. The zero-order chi connectivity index (χ0) is 11.2. The molecule has 1 N–H and O–H groups in total. The molecule has 2 heterocycles. The molecule has 2 unspecified atom stereocenters.